The van der Waals surface area contributed by atoms with Crippen LogP contribution < -0.4 is 16.3 Å². The number of ether oxygens (including phenoxy) is 1. The highest BCUT2D eigenvalue weighted by Crippen LogP contribution is 2.33. The molecule has 1 atom stereocenters. The number of likely N-dealkylation sites (tertiary alicyclic amines) is 1. The van der Waals surface area contributed by atoms with Crippen molar-refractivity contribution in [3.63, 3.8) is 0 Å². The van der Waals surface area contributed by atoms with Crippen molar-refractivity contribution < 1.29 is 23.9 Å². The number of fused-ring (bicyclic) bond motifs is 1. The maximum atomic E-state index is 13.3. The Hall–Kier alpha value is -3.63. The smallest absolute Gasteiger partial charge is 0.407 e. The van der Waals surface area contributed by atoms with Gasteiger partial charge in [0.05, 0.1) is 11.0 Å². The minimum Gasteiger partial charge on any atom is -0.444 e. The molecule has 1 aromatic heterocycles. The van der Waals surface area contributed by atoms with Crippen LogP contribution in [0.3, 0.4) is 0 Å². The Bertz CT molecular complexity index is 1400. The van der Waals surface area contributed by atoms with E-state index in [1.54, 1.807) is 11.6 Å². The molecule has 1 unspecified atom stereocenters. The number of carbonyl (C=O) groups excluding carboxylic acids is 4. The molecule has 2 aromatic rings. The van der Waals surface area contributed by atoms with Crippen LogP contribution in [0, 0.1) is 5.92 Å². The largest absolute Gasteiger partial charge is 0.444 e. The highest BCUT2D eigenvalue weighted by atomic mass is 16.6. The Morgan fingerprint density at radius 2 is 1.63 bits per heavy atom. The quantitative estimate of drug-likeness (QED) is 0.546. The minimum atomic E-state index is -0.702. The van der Waals surface area contributed by atoms with Gasteiger partial charge in [0.15, 0.2) is 0 Å². The Kier molecular flexibility index (Phi) is 7.98. The van der Waals surface area contributed by atoms with Crippen molar-refractivity contribution in [2.75, 3.05) is 13.1 Å². The third-order valence-electron chi connectivity index (χ3n) is 8.71. The Labute approximate surface area is 239 Å². The number of piperidine rings is 2. The molecule has 0 spiro atoms. The van der Waals surface area contributed by atoms with Gasteiger partial charge in [-0.3, -0.25) is 28.8 Å². The van der Waals surface area contributed by atoms with Gasteiger partial charge in [0.2, 0.25) is 17.7 Å². The van der Waals surface area contributed by atoms with E-state index in [9.17, 15) is 24.0 Å². The number of hydrogen-bond acceptors (Lipinski definition) is 6. The number of nitrogens with zero attached hydrogens (tertiary/aromatic N) is 3. The summed E-state index contributed by atoms with van der Waals surface area (Å²) in [7, 11) is 1.70. The van der Waals surface area contributed by atoms with E-state index in [2.05, 4.69) is 10.6 Å². The third kappa shape index (κ3) is 6.18. The highest BCUT2D eigenvalue weighted by Gasteiger charge is 2.34. The minimum absolute atomic E-state index is 0.0128. The number of nitrogens with one attached hydrogen (secondary N) is 2. The maximum Gasteiger partial charge on any atom is 0.407 e. The van der Waals surface area contributed by atoms with Gasteiger partial charge in [-0.1, -0.05) is 6.07 Å². The molecule has 2 aliphatic heterocycles. The second kappa shape index (κ2) is 11.3. The molecular weight excluding hydrogens is 526 g/mol. The van der Waals surface area contributed by atoms with Crippen molar-refractivity contribution in [3.8, 4) is 0 Å². The van der Waals surface area contributed by atoms with Crippen LogP contribution in [0.1, 0.15) is 89.7 Å². The fourth-order valence-corrected chi connectivity index (χ4v) is 6.51. The number of imide groups is 1. The molecule has 3 aliphatic rings. The van der Waals surface area contributed by atoms with Gasteiger partial charge in [0.25, 0.3) is 0 Å². The summed E-state index contributed by atoms with van der Waals surface area (Å²) in [6.07, 6.45) is 4.84. The first-order chi connectivity index (χ1) is 19.4. The molecule has 11 heteroatoms. The van der Waals surface area contributed by atoms with Crippen LogP contribution in [0.15, 0.2) is 23.0 Å². The van der Waals surface area contributed by atoms with Gasteiger partial charge in [-0.05, 0) is 89.3 Å². The molecule has 41 heavy (non-hydrogen) atoms. The second-order valence-electron chi connectivity index (χ2n) is 12.7. The molecule has 1 saturated carbocycles. The Morgan fingerprint density at radius 1 is 0.951 bits per heavy atom. The number of benzene rings is 1. The van der Waals surface area contributed by atoms with Gasteiger partial charge < -0.3 is 15.0 Å². The van der Waals surface area contributed by atoms with E-state index in [1.807, 2.05) is 43.9 Å². The fraction of sp³-hybridized carbons (Fsp3) is 0.633. The SMILES string of the molecule is Cn1c(=O)n(C2CCC(=O)NC2=O)c2ccc(C3CCN(C(=O)C4CCC(NC(=O)OC(C)(C)C)CC4)CC3)cc21. The third-order valence-corrected chi connectivity index (χ3v) is 8.71. The first-order valence-corrected chi connectivity index (χ1v) is 14.7. The summed E-state index contributed by atoms with van der Waals surface area (Å²) >= 11 is 0. The molecule has 3 fully saturated rings. The predicted molar refractivity (Wildman–Crippen MR) is 152 cm³/mol. The van der Waals surface area contributed by atoms with Gasteiger partial charge in [-0.2, -0.15) is 0 Å². The summed E-state index contributed by atoms with van der Waals surface area (Å²) < 4.78 is 8.42. The standard InChI is InChI=1S/C30H41N5O6/c1-30(2,3)41-28(39)31-21-8-5-19(6-9-21)27(38)34-15-13-18(14-16-34)20-7-10-22-24(17-20)33(4)29(40)35(22)23-11-12-25(36)32-26(23)37/h7,10,17-19,21,23H,5-6,8-9,11-16H2,1-4H3,(H,31,39)(H,32,36,37). The van der Waals surface area contributed by atoms with E-state index >= 15 is 0 Å². The zero-order valence-electron chi connectivity index (χ0n) is 24.4. The molecule has 1 aromatic carbocycles. The summed E-state index contributed by atoms with van der Waals surface area (Å²) in [5.41, 5.74) is 1.75. The number of aryl methyl sites for hydroxylation is 1. The molecule has 4 amide bonds. The van der Waals surface area contributed by atoms with Crippen LogP contribution in [0.4, 0.5) is 4.79 Å². The number of rotatable bonds is 4. The normalized spacial score (nSPS) is 24.3. The van der Waals surface area contributed by atoms with Crippen molar-refractivity contribution in [2.24, 2.45) is 13.0 Å². The zero-order chi connectivity index (χ0) is 29.5. The Balaban J connectivity index is 1.18. The molecule has 0 radical (unpaired) electrons. The van der Waals surface area contributed by atoms with E-state index in [0.717, 1.165) is 49.6 Å². The molecule has 11 nitrogen and oxygen atoms in total. The van der Waals surface area contributed by atoms with E-state index in [4.69, 9.17) is 4.74 Å². The Morgan fingerprint density at radius 3 is 2.27 bits per heavy atom. The highest BCUT2D eigenvalue weighted by molar-refractivity contribution is 6.00. The summed E-state index contributed by atoms with van der Waals surface area (Å²) in [4.78, 5) is 64.5. The van der Waals surface area contributed by atoms with E-state index in [-0.39, 0.29) is 41.8 Å². The fourth-order valence-electron chi connectivity index (χ4n) is 6.51. The first kappa shape index (κ1) is 28.9. The molecule has 5 rings (SSSR count). The number of imidazole rings is 1. The molecule has 222 valence electrons. The second-order valence-corrected chi connectivity index (χ2v) is 12.7. The van der Waals surface area contributed by atoms with Gasteiger partial charge >= 0.3 is 11.8 Å². The van der Waals surface area contributed by atoms with Crippen LogP contribution in [0.2, 0.25) is 0 Å². The van der Waals surface area contributed by atoms with Crippen LogP contribution in [-0.2, 0) is 26.2 Å². The maximum absolute atomic E-state index is 13.3. The van der Waals surface area contributed by atoms with E-state index < -0.39 is 23.6 Å². The lowest BCUT2D eigenvalue weighted by atomic mass is 9.84. The van der Waals surface area contributed by atoms with Gasteiger partial charge in [0.1, 0.15) is 11.6 Å². The van der Waals surface area contributed by atoms with Crippen LogP contribution >= 0.6 is 0 Å². The molecule has 1 aliphatic carbocycles. The molecule has 2 N–H and O–H groups in total. The monoisotopic (exact) mass is 567 g/mol. The number of carbonyl (C=O) groups is 4. The number of hydrogen-bond donors (Lipinski definition) is 2. The van der Waals surface area contributed by atoms with Gasteiger partial charge in [0, 0.05) is 38.5 Å². The number of alkyl carbamates (subject to hydrolysis) is 1. The van der Waals surface area contributed by atoms with Crippen LogP contribution in [0.5, 0.6) is 0 Å². The molecule has 0 bridgehead atoms. The van der Waals surface area contributed by atoms with E-state index in [0.29, 0.717) is 25.0 Å². The average Bonchev–Trinajstić information content (AvgIpc) is 3.17. The van der Waals surface area contributed by atoms with E-state index in [1.165, 1.54) is 4.57 Å². The van der Waals surface area contributed by atoms with Crippen molar-refractivity contribution in [3.05, 3.63) is 34.2 Å². The van der Waals surface area contributed by atoms with Crippen molar-refractivity contribution in [1.82, 2.24) is 24.7 Å². The van der Waals surface area contributed by atoms with Crippen LogP contribution in [-0.4, -0.2) is 62.6 Å². The summed E-state index contributed by atoms with van der Waals surface area (Å²) in [5, 5.41) is 5.29. The predicted octanol–water partition coefficient (Wildman–Crippen LogP) is 3.11. The summed E-state index contributed by atoms with van der Waals surface area (Å²) in [6, 6.07) is 5.28. The zero-order valence-corrected chi connectivity index (χ0v) is 24.4. The van der Waals surface area contributed by atoms with Crippen molar-refractivity contribution >= 4 is 34.8 Å². The average molecular weight is 568 g/mol. The lowest BCUT2D eigenvalue weighted by Crippen LogP contribution is -2.45. The molecule has 2 saturated heterocycles. The lowest BCUT2D eigenvalue weighted by Gasteiger charge is -2.36. The summed E-state index contributed by atoms with van der Waals surface area (Å²) in [6.45, 7) is 6.90. The lowest BCUT2D eigenvalue weighted by molar-refractivity contribution is -0.138. The van der Waals surface area contributed by atoms with Crippen molar-refractivity contribution in [2.45, 2.75) is 95.7 Å². The summed E-state index contributed by atoms with van der Waals surface area (Å²) in [5.74, 6) is -0.287. The topological polar surface area (TPSA) is 132 Å². The first-order valence-electron chi connectivity index (χ1n) is 14.7. The number of amides is 4. The van der Waals surface area contributed by atoms with Crippen molar-refractivity contribution in [1.29, 1.82) is 0 Å². The van der Waals surface area contributed by atoms with Gasteiger partial charge in [-0.15, -0.1) is 0 Å². The number of aromatic nitrogens is 2. The van der Waals surface area contributed by atoms with Crippen LogP contribution in [0.25, 0.3) is 11.0 Å². The molecule has 3 heterocycles. The molecular formula is C30H41N5O6. The van der Waals surface area contributed by atoms with Gasteiger partial charge in [-0.25, -0.2) is 9.59 Å².